The van der Waals surface area contributed by atoms with E-state index in [2.05, 4.69) is 32.9 Å². The van der Waals surface area contributed by atoms with Crippen LogP contribution in [-0.2, 0) is 22.0 Å². The first-order chi connectivity index (χ1) is 7.98. The van der Waals surface area contributed by atoms with Crippen molar-refractivity contribution in [2.45, 2.75) is 33.4 Å². The summed E-state index contributed by atoms with van der Waals surface area (Å²) >= 11 is -1.30. The van der Waals surface area contributed by atoms with Gasteiger partial charge in [0.15, 0.2) is 0 Å². The minimum atomic E-state index is -1.30. The molecule has 2 atom stereocenters. The van der Waals surface area contributed by atoms with Crippen LogP contribution in [0.25, 0.3) is 0 Å². The van der Waals surface area contributed by atoms with Crippen molar-refractivity contribution in [2.75, 3.05) is 6.61 Å². The Morgan fingerprint density at radius 1 is 1.35 bits per heavy atom. The zero-order chi connectivity index (χ0) is 12.5. The molecule has 0 bridgehead atoms. The number of nitrogens with zero attached hydrogens (tertiary/aromatic N) is 1. The Kier molecular flexibility index (Phi) is 3.66. The molecule has 1 aliphatic heterocycles. The van der Waals surface area contributed by atoms with E-state index in [1.807, 2.05) is 22.5 Å². The van der Waals surface area contributed by atoms with Crippen LogP contribution in [0, 0.1) is 5.41 Å². The SMILES string of the molecule is CC(C)(C)[C@H]1COS(=O)N1Cc1ccccc1. The second-order valence-electron chi connectivity index (χ2n) is 5.44. The fraction of sp³-hybridized carbons (Fsp3) is 0.538. The smallest absolute Gasteiger partial charge is 0.237 e. The zero-order valence-corrected chi connectivity index (χ0v) is 11.4. The van der Waals surface area contributed by atoms with Gasteiger partial charge in [-0.2, -0.15) is 4.31 Å². The molecule has 0 aromatic heterocycles. The minimum Gasteiger partial charge on any atom is -0.276 e. The van der Waals surface area contributed by atoms with Gasteiger partial charge in [0.1, 0.15) is 0 Å². The molecule has 0 spiro atoms. The van der Waals surface area contributed by atoms with Crippen molar-refractivity contribution in [1.82, 2.24) is 4.31 Å². The standard InChI is InChI=1S/C13H19NO2S/c1-13(2,3)12-10-16-17(15)14(12)9-11-7-5-4-6-8-11/h4-8,12H,9-10H2,1-3H3/t12-,17?/m1/s1. The summed E-state index contributed by atoms with van der Waals surface area (Å²) in [7, 11) is 0. The summed E-state index contributed by atoms with van der Waals surface area (Å²) in [6.45, 7) is 7.68. The Labute approximate surface area is 106 Å². The minimum absolute atomic E-state index is 0.0704. The third kappa shape index (κ3) is 2.94. The lowest BCUT2D eigenvalue weighted by Gasteiger charge is -2.31. The lowest BCUT2D eigenvalue weighted by molar-refractivity contribution is 0.172. The molecule has 0 radical (unpaired) electrons. The maximum absolute atomic E-state index is 11.9. The molecule has 1 fully saturated rings. The van der Waals surface area contributed by atoms with Crippen molar-refractivity contribution >= 4 is 11.3 Å². The fourth-order valence-electron chi connectivity index (χ4n) is 1.99. The van der Waals surface area contributed by atoms with Gasteiger partial charge in [0.2, 0.25) is 11.3 Å². The lowest BCUT2D eigenvalue weighted by Crippen LogP contribution is -2.40. The molecule has 0 amide bonds. The molecule has 1 heterocycles. The van der Waals surface area contributed by atoms with Gasteiger partial charge >= 0.3 is 0 Å². The first-order valence-electron chi connectivity index (χ1n) is 5.84. The molecule has 1 aromatic carbocycles. The van der Waals surface area contributed by atoms with E-state index in [4.69, 9.17) is 4.18 Å². The van der Waals surface area contributed by atoms with E-state index in [0.29, 0.717) is 13.2 Å². The van der Waals surface area contributed by atoms with Crippen molar-refractivity contribution in [3.8, 4) is 0 Å². The van der Waals surface area contributed by atoms with E-state index < -0.39 is 11.3 Å². The lowest BCUT2D eigenvalue weighted by atomic mass is 9.87. The highest BCUT2D eigenvalue weighted by Gasteiger charge is 2.39. The van der Waals surface area contributed by atoms with Crippen LogP contribution in [0.4, 0.5) is 0 Å². The predicted octanol–water partition coefficient (Wildman–Crippen LogP) is 2.51. The summed E-state index contributed by atoms with van der Waals surface area (Å²) in [4.78, 5) is 0. The second kappa shape index (κ2) is 4.88. The van der Waals surface area contributed by atoms with E-state index >= 15 is 0 Å². The predicted molar refractivity (Wildman–Crippen MR) is 69.3 cm³/mol. The molecule has 1 unspecified atom stereocenters. The number of rotatable bonds is 2. The maximum Gasteiger partial charge on any atom is 0.237 e. The van der Waals surface area contributed by atoms with E-state index in [1.165, 1.54) is 5.56 Å². The Hall–Kier alpha value is -0.710. The molecular formula is C13H19NO2S. The van der Waals surface area contributed by atoms with E-state index in [1.54, 1.807) is 0 Å². The highest BCUT2D eigenvalue weighted by atomic mass is 32.2. The van der Waals surface area contributed by atoms with Gasteiger partial charge < -0.3 is 0 Å². The van der Waals surface area contributed by atoms with E-state index in [-0.39, 0.29) is 11.5 Å². The highest BCUT2D eigenvalue weighted by Crippen LogP contribution is 2.31. The first kappa shape index (κ1) is 12.7. The molecule has 0 N–H and O–H groups in total. The van der Waals surface area contributed by atoms with Crippen LogP contribution in [0.1, 0.15) is 26.3 Å². The van der Waals surface area contributed by atoms with Crippen molar-refractivity contribution in [1.29, 1.82) is 0 Å². The van der Waals surface area contributed by atoms with Crippen LogP contribution in [0.15, 0.2) is 30.3 Å². The third-order valence-electron chi connectivity index (χ3n) is 3.05. The van der Waals surface area contributed by atoms with Crippen LogP contribution in [-0.4, -0.2) is 21.2 Å². The third-order valence-corrected chi connectivity index (χ3v) is 4.15. The normalized spacial score (nSPS) is 26.3. The Balaban J connectivity index is 2.15. The second-order valence-corrected chi connectivity index (χ2v) is 6.58. The van der Waals surface area contributed by atoms with Crippen molar-refractivity contribution in [2.24, 2.45) is 5.41 Å². The molecule has 0 aliphatic carbocycles. The number of hydrogen-bond donors (Lipinski definition) is 0. The van der Waals surface area contributed by atoms with Gasteiger partial charge in [0, 0.05) is 6.54 Å². The Morgan fingerprint density at radius 2 is 2.00 bits per heavy atom. The van der Waals surface area contributed by atoms with Gasteiger partial charge in [-0.05, 0) is 11.0 Å². The molecule has 2 rings (SSSR count). The topological polar surface area (TPSA) is 29.5 Å². The van der Waals surface area contributed by atoms with Gasteiger partial charge in [-0.1, -0.05) is 51.1 Å². The van der Waals surface area contributed by atoms with Crippen LogP contribution < -0.4 is 0 Å². The largest absolute Gasteiger partial charge is 0.276 e. The number of hydrogen-bond acceptors (Lipinski definition) is 2. The summed E-state index contributed by atoms with van der Waals surface area (Å²) in [5.41, 5.74) is 1.24. The molecule has 1 aliphatic rings. The van der Waals surface area contributed by atoms with Crippen LogP contribution in [0.3, 0.4) is 0 Å². The van der Waals surface area contributed by atoms with Crippen LogP contribution >= 0.6 is 0 Å². The fourth-order valence-corrected chi connectivity index (χ4v) is 3.21. The van der Waals surface area contributed by atoms with Crippen molar-refractivity contribution in [3.05, 3.63) is 35.9 Å². The average molecular weight is 253 g/mol. The molecular weight excluding hydrogens is 234 g/mol. The molecule has 17 heavy (non-hydrogen) atoms. The summed E-state index contributed by atoms with van der Waals surface area (Å²) in [5, 5.41) is 0. The van der Waals surface area contributed by atoms with Crippen molar-refractivity contribution in [3.63, 3.8) is 0 Å². The van der Waals surface area contributed by atoms with Gasteiger partial charge in [-0.3, -0.25) is 4.18 Å². The number of benzene rings is 1. The summed E-state index contributed by atoms with van der Waals surface area (Å²) in [5.74, 6) is 0. The highest BCUT2D eigenvalue weighted by molar-refractivity contribution is 7.77. The van der Waals surface area contributed by atoms with Gasteiger partial charge in [0.05, 0.1) is 12.6 Å². The summed E-state index contributed by atoms with van der Waals surface area (Å²) in [6.07, 6.45) is 0. The average Bonchev–Trinajstić information content (AvgIpc) is 2.62. The van der Waals surface area contributed by atoms with E-state index in [0.717, 1.165) is 0 Å². The van der Waals surface area contributed by atoms with E-state index in [9.17, 15) is 4.21 Å². The quantitative estimate of drug-likeness (QED) is 0.810. The first-order valence-corrected chi connectivity index (χ1v) is 6.87. The maximum atomic E-state index is 11.9. The van der Waals surface area contributed by atoms with Crippen LogP contribution in [0.2, 0.25) is 0 Å². The molecule has 4 heteroatoms. The van der Waals surface area contributed by atoms with Crippen LogP contribution in [0.5, 0.6) is 0 Å². The Morgan fingerprint density at radius 3 is 2.59 bits per heavy atom. The van der Waals surface area contributed by atoms with Gasteiger partial charge in [-0.15, -0.1) is 0 Å². The van der Waals surface area contributed by atoms with Gasteiger partial charge in [-0.25, -0.2) is 4.21 Å². The zero-order valence-electron chi connectivity index (χ0n) is 10.6. The Bertz CT molecular complexity index is 400. The molecule has 1 saturated heterocycles. The summed E-state index contributed by atoms with van der Waals surface area (Å²) in [6, 6.07) is 10.3. The van der Waals surface area contributed by atoms with Crippen molar-refractivity contribution < 1.29 is 8.39 Å². The van der Waals surface area contributed by atoms with Gasteiger partial charge in [0.25, 0.3) is 0 Å². The molecule has 94 valence electrons. The monoisotopic (exact) mass is 253 g/mol. The molecule has 0 saturated carbocycles. The molecule has 3 nitrogen and oxygen atoms in total. The summed E-state index contributed by atoms with van der Waals surface area (Å²) < 4.78 is 19.1. The molecule has 1 aromatic rings.